The number of benzene rings is 1. The van der Waals surface area contributed by atoms with E-state index in [1.54, 1.807) is 0 Å². The van der Waals surface area contributed by atoms with Crippen LogP contribution in [0.2, 0.25) is 0 Å². The number of nitrogens with two attached hydrogens (primary N) is 1. The highest BCUT2D eigenvalue weighted by Crippen LogP contribution is 2.34. The second-order valence-corrected chi connectivity index (χ2v) is 4.39. The molecular weight excluding hydrogens is 182 g/mol. The average Bonchev–Trinajstić information content (AvgIpc) is 2.48. The molecule has 0 bridgehead atoms. The molecule has 1 atom stereocenters. The summed E-state index contributed by atoms with van der Waals surface area (Å²) in [6.07, 6.45) is 0. The van der Waals surface area contributed by atoms with Crippen molar-refractivity contribution in [2.75, 3.05) is 12.4 Å². The summed E-state index contributed by atoms with van der Waals surface area (Å²) in [7, 11) is 0. The number of fused-ring (bicyclic) bond motifs is 1. The molecule has 0 unspecified atom stereocenters. The zero-order chi connectivity index (χ0) is 9.26. The van der Waals surface area contributed by atoms with Gasteiger partial charge < -0.3 is 10.5 Å². The Morgan fingerprint density at radius 2 is 2.46 bits per heavy atom. The topological polar surface area (TPSA) is 35.2 Å². The van der Waals surface area contributed by atoms with Crippen LogP contribution in [0.25, 0.3) is 0 Å². The number of hydrogen-bond donors (Lipinski definition) is 1. The first-order valence-corrected chi connectivity index (χ1v) is 5.45. The minimum Gasteiger partial charge on any atom is -0.491 e. The summed E-state index contributed by atoms with van der Waals surface area (Å²) in [5.74, 6) is 2.05. The third-order valence-electron chi connectivity index (χ3n) is 2.11. The molecule has 2 N–H and O–H groups in total. The van der Waals surface area contributed by atoms with Gasteiger partial charge in [0.2, 0.25) is 0 Å². The highest BCUT2D eigenvalue weighted by molar-refractivity contribution is 7.99. The second kappa shape index (κ2) is 3.60. The van der Waals surface area contributed by atoms with E-state index in [4.69, 9.17) is 10.5 Å². The maximum atomic E-state index is 5.84. The van der Waals surface area contributed by atoms with E-state index in [-0.39, 0.29) is 6.04 Å². The molecule has 2 rings (SSSR count). The molecule has 0 aromatic heterocycles. The van der Waals surface area contributed by atoms with Crippen LogP contribution in [0, 0.1) is 0 Å². The van der Waals surface area contributed by atoms with Gasteiger partial charge >= 0.3 is 0 Å². The smallest absolute Gasteiger partial charge is 0.125 e. The molecule has 1 aliphatic heterocycles. The van der Waals surface area contributed by atoms with Crippen LogP contribution in [-0.2, 0) is 0 Å². The van der Waals surface area contributed by atoms with Crippen molar-refractivity contribution in [3.05, 3.63) is 23.8 Å². The summed E-state index contributed by atoms with van der Waals surface area (Å²) in [4.78, 5) is 1.26. The molecule has 2 nitrogen and oxygen atoms in total. The summed E-state index contributed by atoms with van der Waals surface area (Å²) in [5.41, 5.74) is 6.98. The molecule has 13 heavy (non-hydrogen) atoms. The Hall–Kier alpha value is -0.670. The van der Waals surface area contributed by atoms with Crippen molar-refractivity contribution in [2.45, 2.75) is 17.9 Å². The molecule has 3 heteroatoms. The van der Waals surface area contributed by atoms with Crippen molar-refractivity contribution in [2.24, 2.45) is 5.73 Å². The first kappa shape index (κ1) is 8.91. The van der Waals surface area contributed by atoms with Crippen LogP contribution in [0.5, 0.6) is 5.75 Å². The van der Waals surface area contributed by atoms with Crippen LogP contribution >= 0.6 is 11.8 Å². The van der Waals surface area contributed by atoms with Crippen LogP contribution < -0.4 is 10.5 Å². The maximum absolute atomic E-state index is 5.84. The molecule has 0 saturated carbocycles. The molecule has 1 heterocycles. The van der Waals surface area contributed by atoms with Crippen LogP contribution in [-0.4, -0.2) is 12.4 Å². The fourth-order valence-corrected chi connectivity index (χ4v) is 2.16. The Kier molecular flexibility index (Phi) is 2.47. The van der Waals surface area contributed by atoms with Gasteiger partial charge in [0.05, 0.1) is 6.04 Å². The lowest BCUT2D eigenvalue weighted by molar-refractivity contribution is 0.333. The van der Waals surface area contributed by atoms with E-state index < -0.39 is 0 Å². The summed E-state index contributed by atoms with van der Waals surface area (Å²) in [6.45, 7) is 2.76. The van der Waals surface area contributed by atoms with Gasteiger partial charge in [0.15, 0.2) is 0 Å². The average molecular weight is 195 g/mol. The van der Waals surface area contributed by atoms with Gasteiger partial charge in [-0.1, -0.05) is 13.0 Å². The monoisotopic (exact) mass is 195 g/mol. The van der Waals surface area contributed by atoms with Crippen molar-refractivity contribution in [1.29, 1.82) is 0 Å². The molecule has 70 valence electrons. The molecule has 1 aromatic rings. The first-order chi connectivity index (χ1) is 6.31. The molecule has 0 amide bonds. The van der Waals surface area contributed by atoms with Gasteiger partial charge in [0, 0.05) is 10.5 Å². The molecule has 1 aliphatic rings. The molecule has 1 aromatic carbocycles. The van der Waals surface area contributed by atoms with Crippen LogP contribution in [0.1, 0.15) is 18.5 Å². The number of thioether (sulfide) groups is 1. The normalized spacial score (nSPS) is 19.7. The van der Waals surface area contributed by atoms with Crippen molar-refractivity contribution in [1.82, 2.24) is 0 Å². The fourth-order valence-electron chi connectivity index (χ4n) is 1.47. The third kappa shape index (κ3) is 1.67. The van der Waals surface area contributed by atoms with Crippen molar-refractivity contribution < 1.29 is 4.74 Å². The van der Waals surface area contributed by atoms with E-state index in [1.165, 1.54) is 4.90 Å². The lowest BCUT2D eigenvalue weighted by Crippen LogP contribution is -2.10. The predicted molar refractivity (Wildman–Crippen MR) is 55.3 cm³/mol. The SMILES string of the molecule is CCSc1ccc2c(c1)OC[C@@H]2N. The van der Waals surface area contributed by atoms with Gasteiger partial charge in [-0.2, -0.15) is 0 Å². The van der Waals surface area contributed by atoms with E-state index in [0.717, 1.165) is 17.1 Å². The van der Waals surface area contributed by atoms with E-state index >= 15 is 0 Å². The van der Waals surface area contributed by atoms with Gasteiger partial charge in [-0.05, 0) is 17.9 Å². The third-order valence-corrected chi connectivity index (χ3v) is 2.99. The van der Waals surface area contributed by atoms with E-state index in [2.05, 4.69) is 25.1 Å². The van der Waals surface area contributed by atoms with Crippen LogP contribution in [0.15, 0.2) is 23.1 Å². The highest BCUT2D eigenvalue weighted by Gasteiger charge is 2.20. The summed E-state index contributed by atoms with van der Waals surface area (Å²) < 4.78 is 5.46. The Balaban J connectivity index is 2.29. The summed E-state index contributed by atoms with van der Waals surface area (Å²) >= 11 is 1.82. The van der Waals surface area contributed by atoms with Gasteiger partial charge in [-0.15, -0.1) is 11.8 Å². The predicted octanol–water partition coefficient (Wildman–Crippen LogP) is 2.19. The highest BCUT2D eigenvalue weighted by atomic mass is 32.2. The van der Waals surface area contributed by atoms with Crippen molar-refractivity contribution in [3.8, 4) is 5.75 Å². The summed E-state index contributed by atoms with van der Waals surface area (Å²) in [6, 6.07) is 6.33. The van der Waals surface area contributed by atoms with Crippen molar-refractivity contribution >= 4 is 11.8 Å². The number of rotatable bonds is 2. The Labute approximate surface area is 82.5 Å². The maximum Gasteiger partial charge on any atom is 0.125 e. The largest absolute Gasteiger partial charge is 0.491 e. The second-order valence-electron chi connectivity index (χ2n) is 3.05. The standard InChI is InChI=1S/C10H13NOS/c1-2-13-7-3-4-8-9(11)6-12-10(8)5-7/h3-5,9H,2,6,11H2,1H3/t9-/m0/s1. The van der Waals surface area contributed by atoms with E-state index in [0.29, 0.717) is 6.61 Å². The lowest BCUT2D eigenvalue weighted by Gasteiger charge is -2.02. The van der Waals surface area contributed by atoms with Gasteiger partial charge in [0.25, 0.3) is 0 Å². The van der Waals surface area contributed by atoms with Gasteiger partial charge in [-0.3, -0.25) is 0 Å². The number of ether oxygens (including phenoxy) is 1. The minimum atomic E-state index is 0.0654. The molecule has 0 saturated heterocycles. The zero-order valence-corrected chi connectivity index (χ0v) is 8.43. The Morgan fingerprint density at radius 3 is 3.23 bits per heavy atom. The minimum absolute atomic E-state index is 0.0654. The van der Waals surface area contributed by atoms with Crippen LogP contribution in [0.3, 0.4) is 0 Å². The van der Waals surface area contributed by atoms with Gasteiger partial charge in [-0.25, -0.2) is 0 Å². The molecular formula is C10H13NOS. The van der Waals surface area contributed by atoms with E-state index in [9.17, 15) is 0 Å². The van der Waals surface area contributed by atoms with E-state index in [1.807, 2.05) is 11.8 Å². The zero-order valence-electron chi connectivity index (χ0n) is 7.62. The molecule has 0 aliphatic carbocycles. The molecule has 0 fully saturated rings. The fraction of sp³-hybridized carbons (Fsp3) is 0.400. The molecule has 0 radical (unpaired) electrons. The van der Waals surface area contributed by atoms with Crippen molar-refractivity contribution in [3.63, 3.8) is 0 Å². The van der Waals surface area contributed by atoms with Crippen LogP contribution in [0.4, 0.5) is 0 Å². The summed E-state index contributed by atoms with van der Waals surface area (Å²) in [5, 5.41) is 0. The van der Waals surface area contributed by atoms with Gasteiger partial charge in [0.1, 0.15) is 12.4 Å². The quantitative estimate of drug-likeness (QED) is 0.735. The number of hydrogen-bond acceptors (Lipinski definition) is 3. The Morgan fingerprint density at radius 1 is 1.62 bits per heavy atom. The Bertz CT molecular complexity index is 314. The first-order valence-electron chi connectivity index (χ1n) is 4.46. The molecule has 0 spiro atoms. The lowest BCUT2D eigenvalue weighted by atomic mass is 10.1.